The molecule has 0 bridgehead atoms. The lowest BCUT2D eigenvalue weighted by Crippen LogP contribution is -2.48. The maximum absolute atomic E-state index is 6.10. The summed E-state index contributed by atoms with van der Waals surface area (Å²) < 4.78 is 5.17. The number of aromatic nitrogens is 2. The fourth-order valence-corrected chi connectivity index (χ4v) is 2.10. The van der Waals surface area contributed by atoms with Gasteiger partial charge in [0.2, 0.25) is 5.88 Å². The minimum atomic E-state index is 0.213. The van der Waals surface area contributed by atoms with E-state index in [9.17, 15) is 0 Å². The van der Waals surface area contributed by atoms with Crippen molar-refractivity contribution in [2.24, 2.45) is 11.7 Å². The molecule has 94 valence electrons. The molecule has 1 aliphatic heterocycles. The van der Waals surface area contributed by atoms with Gasteiger partial charge in [-0.2, -0.15) is 4.98 Å². The number of ether oxygens (including phenoxy) is 1. The Hall–Kier alpha value is -1.36. The van der Waals surface area contributed by atoms with Gasteiger partial charge in [-0.25, -0.2) is 4.98 Å². The molecule has 2 N–H and O–H groups in total. The molecular formula is C12H20N4O. The van der Waals surface area contributed by atoms with Crippen LogP contribution >= 0.6 is 0 Å². The Labute approximate surface area is 102 Å². The van der Waals surface area contributed by atoms with Crippen LogP contribution in [0.1, 0.15) is 19.2 Å². The summed E-state index contributed by atoms with van der Waals surface area (Å²) in [7, 11) is 1.62. The normalized spacial score (nSPS) is 24.8. The molecule has 1 aliphatic rings. The van der Waals surface area contributed by atoms with Crippen LogP contribution in [0.15, 0.2) is 6.07 Å². The van der Waals surface area contributed by atoms with Crippen molar-refractivity contribution in [3.63, 3.8) is 0 Å². The van der Waals surface area contributed by atoms with Gasteiger partial charge in [-0.1, -0.05) is 6.92 Å². The molecule has 1 fully saturated rings. The minimum absolute atomic E-state index is 0.213. The van der Waals surface area contributed by atoms with Crippen LogP contribution in [0.2, 0.25) is 0 Å². The van der Waals surface area contributed by atoms with Gasteiger partial charge in [0.15, 0.2) is 0 Å². The molecule has 1 aromatic rings. The number of methoxy groups -OCH3 is 1. The number of rotatable bonds is 2. The lowest BCUT2D eigenvalue weighted by molar-refractivity contribution is 0.374. The zero-order valence-electron chi connectivity index (χ0n) is 10.7. The molecule has 2 heterocycles. The molecule has 0 aliphatic carbocycles. The summed E-state index contributed by atoms with van der Waals surface area (Å²) in [5.74, 6) is 2.83. The number of hydrogen-bond acceptors (Lipinski definition) is 5. The van der Waals surface area contributed by atoms with Crippen molar-refractivity contribution in [1.82, 2.24) is 9.97 Å². The van der Waals surface area contributed by atoms with Gasteiger partial charge in [0.25, 0.3) is 0 Å². The Bertz CT molecular complexity index is 396. The van der Waals surface area contributed by atoms with Gasteiger partial charge < -0.3 is 15.4 Å². The Balaban J connectivity index is 2.19. The number of anilines is 1. The van der Waals surface area contributed by atoms with Crippen molar-refractivity contribution in [3.8, 4) is 5.88 Å². The Morgan fingerprint density at radius 1 is 1.47 bits per heavy atom. The van der Waals surface area contributed by atoms with Crippen molar-refractivity contribution in [2.75, 3.05) is 25.1 Å². The van der Waals surface area contributed by atoms with Gasteiger partial charge in [0.05, 0.1) is 7.11 Å². The summed E-state index contributed by atoms with van der Waals surface area (Å²) in [5.41, 5.74) is 6.10. The smallest absolute Gasteiger partial charge is 0.218 e. The lowest BCUT2D eigenvalue weighted by Gasteiger charge is -2.35. The van der Waals surface area contributed by atoms with Crippen LogP contribution in [0.4, 0.5) is 5.82 Å². The molecule has 5 heteroatoms. The molecule has 0 spiro atoms. The molecule has 2 atom stereocenters. The number of nitrogens with two attached hydrogens (primary N) is 1. The van der Waals surface area contributed by atoms with E-state index in [0.29, 0.717) is 11.8 Å². The van der Waals surface area contributed by atoms with Gasteiger partial charge in [0, 0.05) is 25.2 Å². The highest BCUT2D eigenvalue weighted by Crippen LogP contribution is 2.23. The quantitative estimate of drug-likeness (QED) is 0.829. The monoisotopic (exact) mass is 236 g/mol. The molecule has 0 saturated carbocycles. The predicted octanol–water partition coefficient (Wildman–Crippen LogP) is 0.967. The first-order valence-electron chi connectivity index (χ1n) is 6.00. The van der Waals surface area contributed by atoms with Crippen molar-refractivity contribution in [3.05, 3.63) is 11.9 Å². The van der Waals surface area contributed by atoms with Gasteiger partial charge in [-0.3, -0.25) is 0 Å². The van der Waals surface area contributed by atoms with E-state index in [1.807, 2.05) is 13.0 Å². The molecule has 0 radical (unpaired) electrons. The summed E-state index contributed by atoms with van der Waals surface area (Å²) in [4.78, 5) is 10.8. The van der Waals surface area contributed by atoms with E-state index in [0.717, 1.165) is 31.2 Å². The summed E-state index contributed by atoms with van der Waals surface area (Å²) in [6, 6.07) is 2.08. The minimum Gasteiger partial charge on any atom is -0.481 e. The number of piperidine rings is 1. The molecule has 2 rings (SSSR count). The molecule has 17 heavy (non-hydrogen) atoms. The topological polar surface area (TPSA) is 64.3 Å². The molecule has 1 saturated heterocycles. The average molecular weight is 236 g/mol. The van der Waals surface area contributed by atoms with E-state index in [-0.39, 0.29) is 6.04 Å². The third-order valence-electron chi connectivity index (χ3n) is 3.35. The number of hydrogen-bond donors (Lipinski definition) is 1. The summed E-state index contributed by atoms with van der Waals surface area (Å²) in [5, 5.41) is 0. The van der Waals surface area contributed by atoms with Crippen LogP contribution in [0.3, 0.4) is 0 Å². The maximum Gasteiger partial charge on any atom is 0.218 e. The zero-order chi connectivity index (χ0) is 12.4. The Morgan fingerprint density at radius 3 is 2.88 bits per heavy atom. The maximum atomic E-state index is 6.10. The van der Waals surface area contributed by atoms with Crippen LogP contribution in [-0.4, -0.2) is 36.2 Å². The molecular weight excluding hydrogens is 216 g/mol. The summed E-state index contributed by atoms with van der Waals surface area (Å²) in [6.45, 7) is 5.92. The molecule has 0 aromatic carbocycles. The Kier molecular flexibility index (Phi) is 3.47. The predicted molar refractivity (Wildman–Crippen MR) is 67.3 cm³/mol. The first kappa shape index (κ1) is 12.1. The summed E-state index contributed by atoms with van der Waals surface area (Å²) >= 11 is 0. The second-order valence-corrected chi connectivity index (χ2v) is 4.69. The van der Waals surface area contributed by atoms with E-state index >= 15 is 0 Å². The zero-order valence-corrected chi connectivity index (χ0v) is 10.7. The number of nitrogens with zero attached hydrogens (tertiary/aromatic N) is 3. The molecule has 5 nitrogen and oxygen atoms in total. The second kappa shape index (κ2) is 4.87. The fraction of sp³-hybridized carbons (Fsp3) is 0.667. The third-order valence-corrected chi connectivity index (χ3v) is 3.35. The SMILES string of the molecule is COc1cc(N2CCC(C)C(N)C2)nc(C)n1. The van der Waals surface area contributed by atoms with Gasteiger partial charge in [-0.05, 0) is 19.3 Å². The fourth-order valence-electron chi connectivity index (χ4n) is 2.10. The molecule has 1 aromatic heterocycles. The highest BCUT2D eigenvalue weighted by atomic mass is 16.5. The first-order chi connectivity index (χ1) is 8.10. The van der Waals surface area contributed by atoms with E-state index in [4.69, 9.17) is 10.5 Å². The number of aryl methyl sites for hydroxylation is 1. The van der Waals surface area contributed by atoms with Crippen molar-refractivity contribution >= 4 is 5.82 Å². The Morgan fingerprint density at radius 2 is 2.24 bits per heavy atom. The van der Waals surface area contributed by atoms with Crippen LogP contribution in [0.25, 0.3) is 0 Å². The van der Waals surface area contributed by atoms with Crippen LogP contribution in [0.5, 0.6) is 5.88 Å². The summed E-state index contributed by atoms with van der Waals surface area (Å²) in [6.07, 6.45) is 1.10. The van der Waals surface area contributed by atoms with E-state index in [1.165, 1.54) is 0 Å². The van der Waals surface area contributed by atoms with Gasteiger partial charge in [0.1, 0.15) is 11.6 Å². The molecule has 2 unspecified atom stereocenters. The van der Waals surface area contributed by atoms with Gasteiger partial charge in [-0.15, -0.1) is 0 Å². The largest absolute Gasteiger partial charge is 0.481 e. The van der Waals surface area contributed by atoms with E-state index in [2.05, 4.69) is 21.8 Å². The standard InChI is InChI=1S/C12H20N4O/c1-8-4-5-16(7-10(8)13)11-6-12(17-3)15-9(2)14-11/h6,8,10H,4-5,7,13H2,1-3H3. The van der Waals surface area contributed by atoms with Crippen molar-refractivity contribution in [2.45, 2.75) is 26.3 Å². The second-order valence-electron chi connectivity index (χ2n) is 4.69. The molecule has 0 amide bonds. The third kappa shape index (κ3) is 2.66. The highest BCUT2D eigenvalue weighted by molar-refractivity contribution is 5.42. The van der Waals surface area contributed by atoms with Gasteiger partial charge >= 0.3 is 0 Å². The van der Waals surface area contributed by atoms with Crippen molar-refractivity contribution < 1.29 is 4.74 Å². The van der Waals surface area contributed by atoms with Crippen molar-refractivity contribution in [1.29, 1.82) is 0 Å². The van der Waals surface area contributed by atoms with Crippen LogP contribution < -0.4 is 15.4 Å². The average Bonchev–Trinajstić information content (AvgIpc) is 2.32. The van der Waals surface area contributed by atoms with E-state index in [1.54, 1.807) is 7.11 Å². The van der Waals surface area contributed by atoms with Crippen LogP contribution in [-0.2, 0) is 0 Å². The first-order valence-corrected chi connectivity index (χ1v) is 6.00. The lowest BCUT2D eigenvalue weighted by atomic mass is 9.94. The van der Waals surface area contributed by atoms with Crippen LogP contribution in [0, 0.1) is 12.8 Å². The van der Waals surface area contributed by atoms with E-state index < -0.39 is 0 Å². The highest BCUT2D eigenvalue weighted by Gasteiger charge is 2.24.